The maximum absolute atomic E-state index is 12.5. The highest BCUT2D eigenvalue weighted by Crippen LogP contribution is 2.29. The fourth-order valence-corrected chi connectivity index (χ4v) is 2.90. The molecule has 2 N–H and O–H groups in total. The predicted octanol–water partition coefficient (Wildman–Crippen LogP) is 3.22. The summed E-state index contributed by atoms with van der Waals surface area (Å²) in [6, 6.07) is 11.5. The summed E-state index contributed by atoms with van der Waals surface area (Å²) in [7, 11) is -3.81. The predicted molar refractivity (Wildman–Crippen MR) is 100 cm³/mol. The molecular weight excluding hydrogens is 393 g/mol. The molecule has 0 aliphatic carbocycles. The van der Waals surface area contributed by atoms with E-state index in [1.54, 1.807) is 12.1 Å². The number of halogens is 3. The highest BCUT2D eigenvalue weighted by atomic mass is 32.2. The Morgan fingerprint density at radius 3 is 2.21 bits per heavy atom. The molecule has 28 heavy (non-hydrogen) atoms. The molecule has 0 atom stereocenters. The van der Waals surface area contributed by atoms with Gasteiger partial charge < -0.3 is 5.32 Å². The molecule has 0 radical (unpaired) electrons. The van der Waals surface area contributed by atoms with Crippen LogP contribution >= 0.6 is 0 Å². The van der Waals surface area contributed by atoms with Crippen molar-refractivity contribution in [2.24, 2.45) is 0 Å². The quantitative estimate of drug-likeness (QED) is 0.733. The van der Waals surface area contributed by atoms with Crippen molar-refractivity contribution in [1.29, 1.82) is 0 Å². The van der Waals surface area contributed by atoms with Crippen LogP contribution in [-0.4, -0.2) is 20.9 Å². The first-order valence-electron chi connectivity index (χ1n) is 8.22. The molecule has 5 nitrogen and oxygen atoms in total. The highest BCUT2D eigenvalue weighted by Gasteiger charge is 2.29. The second-order valence-corrected chi connectivity index (χ2v) is 7.70. The molecule has 2 rings (SSSR count). The number of carbonyl (C=O) groups excluding carboxylic acids is 1. The van der Waals surface area contributed by atoms with Gasteiger partial charge in [-0.1, -0.05) is 42.0 Å². The lowest BCUT2D eigenvalue weighted by Gasteiger charge is -2.09. The maximum atomic E-state index is 12.5. The van der Waals surface area contributed by atoms with Crippen LogP contribution in [0, 0.1) is 6.92 Å². The fraction of sp³-hybridized carbons (Fsp3) is 0.211. The summed E-state index contributed by atoms with van der Waals surface area (Å²) in [6.07, 6.45) is -3.02. The molecule has 0 saturated heterocycles. The van der Waals surface area contributed by atoms with Crippen molar-refractivity contribution in [3.8, 4) is 0 Å². The first-order valence-corrected chi connectivity index (χ1v) is 9.77. The van der Waals surface area contributed by atoms with Gasteiger partial charge in [-0.15, -0.1) is 0 Å². The zero-order valence-electron chi connectivity index (χ0n) is 15.0. The van der Waals surface area contributed by atoms with Crippen LogP contribution in [0.1, 0.15) is 22.3 Å². The largest absolute Gasteiger partial charge is 0.416 e. The maximum Gasteiger partial charge on any atom is 0.416 e. The topological polar surface area (TPSA) is 75.3 Å². The molecular formula is C19H19F3N2O3S. The standard InChI is InChI=1S/C19H19F3N2O3S/c1-14-2-4-15(5-3-14)10-11-28(26,27)24-13-18(25)23-12-16-6-8-17(9-7-16)19(20,21)22/h2-11,24H,12-13H2,1H3,(H,23,25). The van der Waals surface area contributed by atoms with E-state index in [2.05, 4.69) is 10.0 Å². The van der Waals surface area contributed by atoms with Crippen LogP contribution < -0.4 is 10.0 Å². The summed E-state index contributed by atoms with van der Waals surface area (Å²) < 4.78 is 63.4. The Balaban J connectivity index is 1.81. The number of hydrogen-bond donors (Lipinski definition) is 2. The van der Waals surface area contributed by atoms with Gasteiger partial charge in [0.05, 0.1) is 12.1 Å². The smallest absolute Gasteiger partial charge is 0.351 e. The number of hydrogen-bond acceptors (Lipinski definition) is 3. The van der Waals surface area contributed by atoms with Gasteiger partial charge in [-0.3, -0.25) is 4.79 Å². The average molecular weight is 412 g/mol. The lowest BCUT2D eigenvalue weighted by atomic mass is 10.1. The molecule has 2 aromatic rings. The van der Waals surface area contributed by atoms with E-state index in [0.717, 1.165) is 23.1 Å². The lowest BCUT2D eigenvalue weighted by Crippen LogP contribution is -2.35. The molecule has 2 aromatic carbocycles. The number of nitrogens with one attached hydrogen (secondary N) is 2. The molecule has 0 aliphatic rings. The summed E-state index contributed by atoms with van der Waals surface area (Å²) >= 11 is 0. The van der Waals surface area contributed by atoms with E-state index < -0.39 is 34.2 Å². The number of rotatable bonds is 7. The molecule has 0 saturated carbocycles. The average Bonchev–Trinajstić information content (AvgIpc) is 2.64. The van der Waals surface area contributed by atoms with Crippen molar-refractivity contribution >= 4 is 22.0 Å². The Labute approximate surface area is 161 Å². The Morgan fingerprint density at radius 2 is 1.64 bits per heavy atom. The molecule has 0 heterocycles. The van der Waals surface area contributed by atoms with E-state index in [-0.39, 0.29) is 6.54 Å². The van der Waals surface area contributed by atoms with Crippen molar-refractivity contribution in [2.75, 3.05) is 6.54 Å². The summed E-state index contributed by atoms with van der Waals surface area (Å²) in [5.74, 6) is -0.604. The van der Waals surface area contributed by atoms with E-state index in [9.17, 15) is 26.4 Å². The highest BCUT2D eigenvalue weighted by molar-refractivity contribution is 7.92. The van der Waals surface area contributed by atoms with Gasteiger partial charge in [-0.25, -0.2) is 13.1 Å². The van der Waals surface area contributed by atoms with E-state index in [4.69, 9.17) is 0 Å². The Bertz CT molecular complexity index is 936. The van der Waals surface area contributed by atoms with Gasteiger partial charge in [0.15, 0.2) is 0 Å². The van der Waals surface area contributed by atoms with Crippen molar-refractivity contribution in [1.82, 2.24) is 10.0 Å². The summed E-state index contributed by atoms with van der Waals surface area (Å²) in [4.78, 5) is 11.8. The third-order valence-electron chi connectivity index (χ3n) is 3.72. The number of sulfonamides is 1. The molecule has 0 aromatic heterocycles. The van der Waals surface area contributed by atoms with Crippen molar-refractivity contribution in [2.45, 2.75) is 19.6 Å². The summed E-state index contributed by atoms with van der Waals surface area (Å²) in [6.45, 7) is 1.41. The van der Waals surface area contributed by atoms with E-state index in [0.29, 0.717) is 11.1 Å². The Kier molecular flexibility index (Phi) is 6.98. The van der Waals surface area contributed by atoms with Gasteiger partial charge in [-0.05, 0) is 36.3 Å². The second-order valence-electron chi connectivity index (χ2n) is 6.05. The summed E-state index contributed by atoms with van der Waals surface area (Å²) in [5.41, 5.74) is 1.42. The SMILES string of the molecule is Cc1ccc(C=CS(=O)(=O)NCC(=O)NCc2ccc(C(F)(F)F)cc2)cc1. The number of aryl methyl sites for hydroxylation is 1. The van der Waals surface area contributed by atoms with Crippen LogP contribution in [0.2, 0.25) is 0 Å². The molecule has 0 unspecified atom stereocenters. The van der Waals surface area contributed by atoms with Crippen molar-refractivity contribution in [3.63, 3.8) is 0 Å². The molecule has 0 bridgehead atoms. The normalized spacial score (nSPS) is 12.3. The first kappa shape index (κ1) is 21.6. The monoisotopic (exact) mass is 412 g/mol. The van der Waals surface area contributed by atoms with Gasteiger partial charge in [0.1, 0.15) is 0 Å². The van der Waals surface area contributed by atoms with Crippen molar-refractivity contribution in [3.05, 3.63) is 76.2 Å². The zero-order chi connectivity index (χ0) is 20.8. The fourth-order valence-electron chi connectivity index (χ4n) is 2.13. The molecule has 0 fully saturated rings. The summed E-state index contributed by atoms with van der Waals surface area (Å²) in [5, 5.41) is 3.40. The molecule has 150 valence electrons. The second kappa shape index (κ2) is 9.03. The van der Waals surface area contributed by atoms with E-state index in [1.807, 2.05) is 19.1 Å². The molecule has 0 spiro atoms. The van der Waals surface area contributed by atoms with E-state index >= 15 is 0 Å². The third kappa shape index (κ3) is 7.16. The van der Waals surface area contributed by atoms with Crippen LogP contribution in [0.15, 0.2) is 53.9 Å². The minimum absolute atomic E-state index is 0.0160. The van der Waals surface area contributed by atoms with Gasteiger partial charge >= 0.3 is 6.18 Å². The van der Waals surface area contributed by atoms with E-state index in [1.165, 1.54) is 18.2 Å². The van der Waals surface area contributed by atoms with Gasteiger partial charge in [0.2, 0.25) is 15.9 Å². The molecule has 1 amide bonds. The van der Waals surface area contributed by atoms with Gasteiger partial charge in [0, 0.05) is 12.0 Å². The number of carbonyl (C=O) groups is 1. The number of benzene rings is 2. The van der Waals surface area contributed by atoms with Crippen LogP contribution in [0.4, 0.5) is 13.2 Å². The zero-order valence-corrected chi connectivity index (χ0v) is 15.8. The molecule has 9 heteroatoms. The third-order valence-corrected chi connectivity index (χ3v) is 4.76. The molecule has 0 aliphatic heterocycles. The van der Waals surface area contributed by atoms with Gasteiger partial charge in [-0.2, -0.15) is 13.2 Å². The van der Waals surface area contributed by atoms with Crippen LogP contribution in [-0.2, 0) is 27.5 Å². The van der Waals surface area contributed by atoms with Crippen LogP contribution in [0.5, 0.6) is 0 Å². The number of amides is 1. The number of alkyl halides is 3. The van der Waals surface area contributed by atoms with Crippen LogP contribution in [0.3, 0.4) is 0 Å². The minimum atomic E-state index is -4.42. The Hall–Kier alpha value is -2.65. The van der Waals surface area contributed by atoms with Crippen LogP contribution in [0.25, 0.3) is 6.08 Å². The Morgan fingerprint density at radius 1 is 1.04 bits per heavy atom. The lowest BCUT2D eigenvalue weighted by molar-refractivity contribution is -0.137. The van der Waals surface area contributed by atoms with Crippen molar-refractivity contribution < 1.29 is 26.4 Å². The first-order chi connectivity index (χ1) is 13.0. The van der Waals surface area contributed by atoms with Gasteiger partial charge in [0.25, 0.3) is 0 Å². The minimum Gasteiger partial charge on any atom is -0.351 e.